The first-order valence-electron chi connectivity index (χ1n) is 9.80. The van der Waals surface area contributed by atoms with Gasteiger partial charge in [0.1, 0.15) is 12.4 Å². The minimum atomic E-state index is -3.16. The Balaban J connectivity index is 0.000000303. The van der Waals surface area contributed by atoms with Crippen molar-refractivity contribution in [2.45, 2.75) is 32.1 Å². The SMILES string of the molecule is CC(=O)Nc1ccc(S(C)(=O)=O)cc1.CC/C=C\c1c(C)cccc1OCCNC. The second kappa shape index (κ2) is 12.8. The zero-order valence-electron chi connectivity index (χ0n) is 18.4. The van der Waals surface area contributed by atoms with Crippen LogP contribution >= 0.6 is 0 Å². The summed E-state index contributed by atoms with van der Waals surface area (Å²) in [6.45, 7) is 7.21. The molecular formula is C23H32N2O4S. The van der Waals surface area contributed by atoms with Crippen LogP contribution < -0.4 is 15.4 Å². The summed E-state index contributed by atoms with van der Waals surface area (Å²) in [5.41, 5.74) is 3.04. The highest BCUT2D eigenvalue weighted by atomic mass is 32.2. The zero-order valence-corrected chi connectivity index (χ0v) is 19.2. The minimum Gasteiger partial charge on any atom is -0.492 e. The average molecular weight is 433 g/mol. The molecule has 0 aromatic heterocycles. The fraction of sp³-hybridized carbons (Fsp3) is 0.348. The zero-order chi connectivity index (χ0) is 22.6. The van der Waals surface area contributed by atoms with E-state index in [0.29, 0.717) is 12.3 Å². The van der Waals surface area contributed by atoms with Crippen molar-refractivity contribution in [3.8, 4) is 5.75 Å². The van der Waals surface area contributed by atoms with E-state index in [2.05, 4.69) is 42.7 Å². The number of anilines is 1. The van der Waals surface area contributed by atoms with Crippen LogP contribution in [0.3, 0.4) is 0 Å². The van der Waals surface area contributed by atoms with Crippen molar-refractivity contribution in [2.75, 3.05) is 31.8 Å². The summed E-state index contributed by atoms with van der Waals surface area (Å²) in [6.07, 6.45) is 6.49. The summed E-state index contributed by atoms with van der Waals surface area (Å²) in [5, 5.41) is 5.62. The van der Waals surface area contributed by atoms with Gasteiger partial charge in [-0.05, 0) is 56.3 Å². The summed E-state index contributed by atoms with van der Waals surface area (Å²) in [7, 11) is -1.23. The highest BCUT2D eigenvalue weighted by Gasteiger charge is 2.06. The second-order valence-corrected chi connectivity index (χ2v) is 8.74. The van der Waals surface area contributed by atoms with Gasteiger partial charge in [-0.1, -0.05) is 31.2 Å². The Morgan fingerprint density at radius 1 is 1.13 bits per heavy atom. The molecule has 2 rings (SSSR count). The van der Waals surface area contributed by atoms with E-state index in [1.54, 1.807) is 12.1 Å². The molecule has 164 valence electrons. The highest BCUT2D eigenvalue weighted by molar-refractivity contribution is 7.90. The van der Waals surface area contributed by atoms with Crippen molar-refractivity contribution < 1.29 is 17.9 Å². The van der Waals surface area contributed by atoms with Gasteiger partial charge in [0.05, 0.1) is 4.90 Å². The molecule has 0 aliphatic carbocycles. The topological polar surface area (TPSA) is 84.5 Å². The van der Waals surface area contributed by atoms with Crippen molar-refractivity contribution in [1.29, 1.82) is 0 Å². The lowest BCUT2D eigenvalue weighted by atomic mass is 10.1. The van der Waals surface area contributed by atoms with E-state index in [-0.39, 0.29) is 10.8 Å². The molecule has 2 N–H and O–H groups in total. The number of aryl methyl sites for hydroxylation is 1. The first-order valence-corrected chi connectivity index (χ1v) is 11.7. The fourth-order valence-corrected chi connectivity index (χ4v) is 3.11. The van der Waals surface area contributed by atoms with Crippen LogP contribution in [0.25, 0.3) is 6.08 Å². The Morgan fingerprint density at radius 3 is 2.33 bits per heavy atom. The summed E-state index contributed by atoms with van der Waals surface area (Å²) in [5.74, 6) is 0.789. The number of carbonyl (C=O) groups excluding carboxylic acids is 1. The first kappa shape index (κ1) is 25.4. The summed E-state index contributed by atoms with van der Waals surface area (Å²) >= 11 is 0. The number of rotatable bonds is 8. The van der Waals surface area contributed by atoms with Gasteiger partial charge in [-0.25, -0.2) is 8.42 Å². The van der Waals surface area contributed by atoms with Gasteiger partial charge in [-0.3, -0.25) is 4.79 Å². The number of allylic oxidation sites excluding steroid dienone is 1. The van der Waals surface area contributed by atoms with Crippen molar-refractivity contribution in [3.05, 3.63) is 59.7 Å². The number of nitrogens with one attached hydrogen (secondary N) is 2. The standard InChI is InChI=1S/C14H21NO.C9H11NO3S/c1-4-5-8-13-12(2)7-6-9-14(13)16-11-10-15-3;1-7(11)10-8-3-5-9(6-4-8)14(2,12)13/h5-9,15H,4,10-11H2,1-3H3;3-6H,1-2H3,(H,10,11)/b8-5-;. The molecule has 0 saturated carbocycles. The van der Waals surface area contributed by atoms with Crippen molar-refractivity contribution in [2.24, 2.45) is 0 Å². The van der Waals surface area contributed by atoms with Gasteiger partial charge in [0.2, 0.25) is 5.91 Å². The Hall–Kier alpha value is -2.64. The van der Waals surface area contributed by atoms with E-state index in [4.69, 9.17) is 4.74 Å². The maximum Gasteiger partial charge on any atom is 0.221 e. The van der Waals surface area contributed by atoms with E-state index >= 15 is 0 Å². The maximum atomic E-state index is 11.1. The Labute approximate surface area is 180 Å². The summed E-state index contributed by atoms with van der Waals surface area (Å²) in [4.78, 5) is 10.9. The molecule has 7 heteroatoms. The number of ether oxygens (including phenoxy) is 1. The van der Waals surface area contributed by atoms with Crippen molar-refractivity contribution in [3.63, 3.8) is 0 Å². The third-order valence-electron chi connectivity index (χ3n) is 4.02. The van der Waals surface area contributed by atoms with Gasteiger partial charge in [0.15, 0.2) is 9.84 Å². The Morgan fingerprint density at radius 2 is 1.80 bits per heavy atom. The molecule has 0 bridgehead atoms. The van der Waals surface area contributed by atoms with Gasteiger partial charge in [0.25, 0.3) is 0 Å². The molecule has 0 spiro atoms. The van der Waals surface area contributed by atoms with E-state index in [0.717, 1.165) is 25.0 Å². The van der Waals surface area contributed by atoms with Crippen LogP contribution in [0.15, 0.2) is 53.4 Å². The van der Waals surface area contributed by atoms with Crippen molar-refractivity contribution >= 4 is 27.5 Å². The minimum absolute atomic E-state index is 0.183. The van der Waals surface area contributed by atoms with Crippen LogP contribution in [0.4, 0.5) is 5.69 Å². The highest BCUT2D eigenvalue weighted by Crippen LogP contribution is 2.23. The van der Waals surface area contributed by atoms with Crippen molar-refractivity contribution in [1.82, 2.24) is 5.32 Å². The predicted octanol–water partition coefficient (Wildman–Crippen LogP) is 4.06. The Kier molecular flexibility index (Phi) is 10.9. The molecule has 6 nitrogen and oxygen atoms in total. The van der Waals surface area contributed by atoms with E-state index in [9.17, 15) is 13.2 Å². The lowest BCUT2D eigenvalue weighted by Crippen LogP contribution is -2.16. The molecule has 1 amide bonds. The molecule has 0 saturated heterocycles. The monoisotopic (exact) mass is 432 g/mol. The van der Waals surface area contributed by atoms with Crippen LogP contribution in [0.5, 0.6) is 5.75 Å². The normalized spacial score (nSPS) is 11.0. The maximum absolute atomic E-state index is 11.1. The molecular weight excluding hydrogens is 400 g/mol. The van der Waals surface area contributed by atoms with Crippen LogP contribution in [0, 0.1) is 6.92 Å². The number of likely N-dealkylation sites (N-methyl/N-ethyl adjacent to an activating group) is 1. The van der Waals surface area contributed by atoms with E-state index in [1.807, 2.05) is 19.2 Å². The van der Waals surface area contributed by atoms with Crippen LogP contribution in [-0.2, 0) is 14.6 Å². The lowest BCUT2D eigenvalue weighted by Gasteiger charge is -2.11. The van der Waals surface area contributed by atoms with E-state index < -0.39 is 9.84 Å². The third kappa shape index (κ3) is 9.24. The van der Waals surface area contributed by atoms with Gasteiger partial charge in [-0.15, -0.1) is 0 Å². The average Bonchev–Trinajstić information content (AvgIpc) is 2.67. The lowest BCUT2D eigenvalue weighted by molar-refractivity contribution is -0.114. The van der Waals surface area contributed by atoms with E-state index in [1.165, 1.54) is 30.2 Å². The second-order valence-electron chi connectivity index (χ2n) is 6.73. The quantitative estimate of drug-likeness (QED) is 0.615. The number of hydrogen-bond acceptors (Lipinski definition) is 5. The molecule has 0 heterocycles. The van der Waals surface area contributed by atoms with Gasteiger partial charge >= 0.3 is 0 Å². The largest absolute Gasteiger partial charge is 0.492 e. The molecule has 0 radical (unpaired) electrons. The first-order chi connectivity index (χ1) is 14.2. The molecule has 0 aliphatic rings. The predicted molar refractivity (Wildman–Crippen MR) is 124 cm³/mol. The van der Waals surface area contributed by atoms with Crippen LogP contribution in [-0.4, -0.2) is 40.8 Å². The molecule has 0 fully saturated rings. The number of benzene rings is 2. The van der Waals surface area contributed by atoms with Crippen LogP contribution in [0.2, 0.25) is 0 Å². The molecule has 30 heavy (non-hydrogen) atoms. The smallest absolute Gasteiger partial charge is 0.221 e. The molecule has 0 unspecified atom stereocenters. The molecule has 0 atom stereocenters. The third-order valence-corrected chi connectivity index (χ3v) is 5.15. The molecule has 2 aromatic rings. The number of hydrogen-bond donors (Lipinski definition) is 2. The molecule has 0 aliphatic heterocycles. The number of sulfone groups is 1. The number of amides is 1. The summed E-state index contributed by atoms with van der Waals surface area (Å²) < 4.78 is 27.9. The van der Waals surface area contributed by atoms with Crippen LogP contribution in [0.1, 0.15) is 31.4 Å². The molecule has 2 aromatic carbocycles. The number of carbonyl (C=O) groups is 1. The van der Waals surface area contributed by atoms with Gasteiger partial charge < -0.3 is 15.4 Å². The van der Waals surface area contributed by atoms with Gasteiger partial charge in [0, 0.05) is 31.0 Å². The summed E-state index contributed by atoms with van der Waals surface area (Å²) in [6, 6.07) is 12.2. The van der Waals surface area contributed by atoms with Gasteiger partial charge in [-0.2, -0.15) is 0 Å². The Bertz CT molecular complexity index is 936. The fourth-order valence-electron chi connectivity index (χ4n) is 2.48.